The lowest BCUT2D eigenvalue weighted by Crippen LogP contribution is -2.43. The van der Waals surface area contributed by atoms with Crippen LogP contribution in [0.2, 0.25) is 0 Å². The van der Waals surface area contributed by atoms with E-state index < -0.39 is 5.41 Å². The van der Waals surface area contributed by atoms with E-state index in [4.69, 9.17) is 4.74 Å². The van der Waals surface area contributed by atoms with Crippen molar-refractivity contribution in [1.29, 1.82) is 0 Å². The van der Waals surface area contributed by atoms with Crippen molar-refractivity contribution in [3.8, 4) is 0 Å². The molecule has 0 aliphatic carbocycles. The zero-order valence-corrected chi connectivity index (χ0v) is 15.2. The highest BCUT2D eigenvalue weighted by Gasteiger charge is 2.39. The first-order chi connectivity index (χ1) is 9.17. The van der Waals surface area contributed by atoms with E-state index in [0.717, 1.165) is 0 Å². The summed E-state index contributed by atoms with van der Waals surface area (Å²) in [5, 5.41) is 2.82. The Kier molecular flexibility index (Phi) is 6.61. The maximum Gasteiger partial charge on any atom is 0.246 e. The zero-order valence-electron chi connectivity index (χ0n) is 15.2. The van der Waals surface area contributed by atoms with E-state index in [2.05, 4.69) is 26.1 Å². The van der Waals surface area contributed by atoms with Gasteiger partial charge in [0, 0.05) is 17.9 Å². The Bertz CT molecular complexity index is 372. The highest BCUT2D eigenvalue weighted by molar-refractivity contribution is 5.86. The third-order valence-electron chi connectivity index (χ3n) is 4.11. The Morgan fingerprint density at radius 3 is 1.86 bits per heavy atom. The summed E-state index contributed by atoms with van der Waals surface area (Å²) < 4.78 is 5.42. The van der Waals surface area contributed by atoms with E-state index in [0.29, 0.717) is 6.42 Å². The number of hydrogen-bond acceptors (Lipinski definition) is 3. The van der Waals surface area contributed by atoms with E-state index in [1.54, 1.807) is 0 Å². The molecular formula is C17H33NO3. The molecule has 4 nitrogen and oxygen atoms in total. The maximum absolute atomic E-state index is 12.4. The predicted octanol–water partition coefficient (Wildman–Crippen LogP) is 3.34. The van der Waals surface area contributed by atoms with E-state index in [9.17, 15) is 9.59 Å². The Labute approximate surface area is 130 Å². The molecular weight excluding hydrogens is 266 g/mol. The van der Waals surface area contributed by atoms with Crippen LogP contribution in [0.3, 0.4) is 0 Å². The molecule has 0 unspecified atom stereocenters. The molecule has 21 heavy (non-hydrogen) atoms. The maximum atomic E-state index is 12.4. The minimum absolute atomic E-state index is 0.0185. The van der Waals surface area contributed by atoms with Crippen LogP contribution >= 0.6 is 0 Å². The van der Waals surface area contributed by atoms with Gasteiger partial charge in [0.15, 0.2) is 0 Å². The van der Waals surface area contributed by atoms with E-state index >= 15 is 0 Å². The smallest absolute Gasteiger partial charge is 0.246 e. The van der Waals surface area contributed by atoms with E-state index in [1.807, 2.05) is 41.5 Å². The van der Waals surface area contributed by atoms with Gasteiger partial charge in [-0.1, -0.05) is 34.6 Å². The van der Waals surface area contributed by atoms with Crippen molar-refractivity contribution < 1.29 is 14.3 Å². The Morgan fingerprint density at radius 2 is 1.48 bits per heavy atom. The van der Waals surface area contributed by atoms with Gasteiger partial charge in [-0.2, -0.15) is 0 Å². The van der Waals surface area contributed by atoms with Gasteiger partial charge in [-0.25, -0.2) is 0 Å². The topological polar surface area (TPSA) is 55.4 Å². The van der Waals surface area contributed by atoms with Gasteiger partial charge >= 0.3 is 0 Å². The third kappa shape index (κ3) is 7.07. The first-order valence-corrected chi connectivity index (χ1v) is 7.63. The molecule has 0 radical (unpaired) electrons. The minimum Gasteiger partial charge on any atom is -0.366 e. The van der Waals surface area contributed by atoms with Gasteiger partial charge in [-0.05, 0) is 33.1 Å². The average Bonchev–Trinajstić information content (AvgIpc) is 2.23. The molecule has 0 heterocycles. The summed E-state index contributed by atoms with van der Waals surface area (Å²) >= 11 is 0. The first kappa shape index (κ1) is 20.1. The van der Waals surface area contributed by atoms with Gasteiger partial charge < -0.3 is 10.1 Å². The second kappa shape index (κ2) is 6.91. The molecule has 0 aliphatic rings. The van der Waals surface area contributed by atoms with Crippen molar-refractivity contribution in [2.75, 3.05) is 6.61 Å². The molecule has 4 heteroatoms. The van der Waals surface area contributed by atoms with Crippen LogP contribution in [0.15, 0.2) is 0 Å². The minimum atomic E-state index is -0.423. The number of nitrogens with one attached hydrogen (secondary N) is 1. The largest absolute Gasteiger partial charge is 0.366 e. The summed E-state index contributed by atoms with van der Waals surface area (Å²) in [6.07, 6.45) is 0.339. The van der Waals surface area contributed by atoms with Gasteiger partial charge in [-0.3, -0.25) is 9.59 Å². The molecule has 0 saturated heterocycles. The normalized spacial score (nSPS) is 14.7. The number of ketones is 1. The van der Waals surface area contributed by atoms with Crippen LogP contribution in [0.1, 0.15) is 68.7 Å². The SMILES string of the molecule is C[C@H](CC(=O)C(C)(C)C(C)(C)C)NC(=O)COC(C)(C)C. The quantitative estimate of drug-likeness (QED) is 0.818. The van der Waals surface area contributed by atoms with Crippen molar-refractivity contribution in [2.45, 2.75) is 80.4 Å². The third-order valence-corrected chi connectivity index (χ3v) is 4.11. The molecule has 1 atom stereocenters. The lowest BCUT2D eigenvalue weighted by Gasteiger charge is -2.38. The summed E-state index contributed by atoms with van der Waals surface area (Å²) in [6.45, 7) is 17.7. The zero-order chi connectivity index (χ0) is 17.1. The van der Waals surface area contributed by atoms with Crippen molar-refractivity contribution in [1.82, 2.24) is 5.32 Å². The van der Waals surface area contributed by atoms with Crippen LogP contribution in [0, 0.1) is 10.8 Å². The van der Waals surface area contributed by atoms with Gasteiger partial charge in [0.05, 0.1) is 5.60 Å². The van der Waals surface area contributed by atoms with Gasteiger partial charge in [-0.15, -0.1) is 0 Å². The first-order valence-electron chi connectivity index (χ1n) is 7.63. The van der Waals surface area contributed by atoms with Crippen LogP contribution in [0.4, 0.5) is 0 Å². The van der Waals surface area contributed by atoms with Crippen molar-refractivity contribution >= 4 is 11.7 Å². The lowest BCUT2D eigenvalue weighted by atomic mass is 9.66. The fraction of sp³-hybridized carbons (Fsp3) is 0.882. The number of Topliss-reactive ketones (excluding diaryl/α,β-unsaturated/α-hetero) is 1. The molecule has 0 spiro atoms. The number of rotatable bonds is 6. The van der Waals surface area contributed by atoms with Crippen LogP contribution in [-0.2, 0) is 14.3 Å². The highest BCUT2D eigenvalue weighted by atomic mass is 16.5. The van der Waals surface area contributed by atoms with Crippen LogP contribution < -0.4 is 5.32 Å². The van der Waals surface area contributed by atoms with Gasteiger partial charge in [0.1, 0.15) is 12.4 Å². The monoisotopic (exact) mass is 299 g/mol. The summed E-state index contributed by atoms with van der Waals surface area (Å²) in [5.74, 6) is -0.0154. The summed E-state index contributed by atoms with van der Waals surface area (Å²) in [7, 11) is 0. The summed E-state index contributed by atoms with van der Waals surface area (Å²) in [4.78, 5) is 24.2. The molecule has 1 N–H and O–H groups in total. The molecule has 0 bridgehead atoms. The average molecular weight is 299 g/mol. The molecule has 0 aromatic rings. The predicted molar refractivity (Wildman–Crippen MR) is 86.2 cm³/mol. The van der Waals surface area contributed by atoms with E-state index in [-0.39, 0.29) is 35.4 Å². The van der Waals surface area contributed by atoms with Crippen molar-refractivity contribution in [3.63, 3.8) is 0 Å². The summed E-state index contributed by atoms with van der Waals surface area (Å²) in [6, 6.07) is -0.185. The van der Waals surface area contributed by atoms with Crippen LogP contribution in [-0.4, -0.2) is 29.9 Å². The molecule has 0 aliphatic heterocycles. The molecule has 0 saturated carbocycles. The number of carbonyl (C=O) groups excluding carboxylic acids is 2. The second-order valence-electron chi connectivity index (χ2n) is 8.37. The molecule has 0 rings (SSSR count). The molecule has 0 aromatic carbocycles. The lowest BCUT2D eigenvalue weighted by molar-refractivity contribution is -0.134. The standard InChI is InChI=1S/C17H33NO3/c1-12(18-14(20)11-21-16(5,6)7)10-13(19)17(8,9)15(2,3)4/h12H,10-11H2,1-9H3,(H,18,20)/t12-/m1/s1. The number of amides is 1. The van der Waals surface area contributed by atoms with Crippen LogP contribution in [0.5, 0.6) is 0 Å². The number of carbonyl (C=O) groups is 2. The highest BCUT2D eigenvalue weighted by Crippen LogP contribution is 2.39. The summed E-state index contributed by atoms with van der Waals surface area (Å²) in [5.41, 5.74) is -0.873. The second-order valence-corrected chi connectivity index (χ2v) is 8.37. The fourth-order valence-corrected chi connectivity index (χ4v) is 1.60. The molecule has 124 valence electrons. The number of hydrogen-bond donors (Lipinski definition) is 1. The van der Waals surface area contributed by atoms with Crippen LogP contribution in [0.25, 0.3) is 0 Å². The molecule has 0 fully saturated rings. The Morgan fingerprint density at radius 1 is 1.00 bits per heavy atom. The molecule has 1 amide bonds. The Hall–Kier alpha value is -0.900. The van der Waals surface area contributed by atoms with Gasteiger partial charge in [0.2, 0.25) is 5.91 Å². The van der Waals surface area contributed by atoms with Crippen molar-refractivity contribution in [2.24, 2.45) is 10.8 Å². The van der Waals surface area contributed by atoms with Crippen molar-refractivity contribution in [3.05, 3.63) is 0 Å². The molecule has 0 aromatic heterocycles. The fourth-order valence-electron chi connectivity index (χ4n) is 1.60. The van der Waals surface area contributed by atoms with Gasteiger partial charge in [0.25, 0.3) is 0 Å². The number of ether oxygens (including phenoxy) is 1. The Balaban J connectivity index is 4.42. The van der Waals surface area contributed by atoms with E-state index in [1.165, 1.54) is 0 Å².